The summed E-state index contributed by atoms with van der Waals surface area (Å²) in [6.07, 6.45) is 0.764. The molecule has 0 heterocycles. The second-order valence-corrected chi connectivity index (χ2v) is 6.75. The molecule has 5 heteroatoms. The molecule has 118 valence electrons. The van der Waals surface area contributed by atoms with Gasteiger partial charge in [-0.1, -0.05) is 45.0 Å². The highest BCUT2D eigenvalue weighted by atomic mass is 35.5. The first-order chi connectivity index (χ1) is 9.22. The van der Waals surface area contributed by atoms with Gasteiger partial charge in [-0.15, -0.1) is 12.4 Å². The zero-order valence-corrected chi connectivity index (χ0v) is 13.7. The minimum Gasteiger partial charge on any atom is -0.387 e. The zero-order chi connectivity index (χ0) is 15.0. The fourth-order valence-corrected chi connectivity index (χ4v) is 2.05. The Bertz CT molecular complexity index is 490. The summed E-state index contributed by atoms with van der Waals surface area (Å²) in [5.74, 6) is -0.164. The Morgan fingerprint density at radius 2 is 1.86 bits per heavy atom. The van der Waals surface area contributed by atoms with Crippen LogP contribution >= 0.6 is 12.4 Å². The van der Waals surface area contributed by atoms with Gasteiger partial charge in [-0.3, -0.25) is 4.79 Å². The lowest BCUT2D eigenvalue weighted by Crippen LogP contribution is -2.44. The van der Waals surface area contributed by atoms with E-state index in [1.165, 1.54) is 5.56 Å². The molecular formula is C16H25ClN2O2. The second kappa shape index (κ2) is 6.34. The maximum atomic E-state index is 11.7. The Balaban J connectivity index is 0.00000220. The van der Waals surface area contributed by atoms with Gasteiger partial charge in [0.2, 0.25) is 5.91 Å². The zero-order valence-electron chi connectivity index (χ0n) is 12.8. The fourth-order valence-electron chi connectivity index (χ4n) is 2.05. The van der Waals surface area contributed by atoms with E-state index < -0.39 is 11.6 Å². The molecule has 1 amide bonds. The van der Waals surface area contributed by atoms with Crippen LogP contribution in [0.3, 0.4) is 0 Å². The Hall–Kier alpha value is -1.10. The van der Waals surface area contributed by atoms with Crippen LogP contribution in [0.2, 0.25) is 0 Å². The molecule has 1 atom stereocenters. The van der Waals surface area contributed by atoms with Crippen LogP contribution < -0.4 is 11.1 Å². The molecule has 4 N–H and O–H groups in total. The first-order valence-electron chi connectivity index (χ1n) is 7.08. The standard InChI is InChI=1S/C16H24N2O2.ClH/c1-15(2,3)12-6-4-11(5-7-12)13(19)10-18-14(20)16(17)8-9-16;/h4-7,13,19H,8-10,17H2,1-3H3,(H,18,20);1H. The predicted octanol–water partition coefficient (Wildman–Crippen LogP) is 2.05. The number of hydrogen-bond donors (Lipinski definition) is 3. The molecule has 1 aromatic carbocycles. The topological polar surface area (TPSA) is 75.3 Å². The highest BCUT2D eigenvalue weighted by Gasteiger charge is 2.45. The Morgan fingerprint density at radius 3 is 2.29 bits per heavy atom. The lowest BCUT2D eigenvalue weighted by molar-refractivity contribution is -0.123. The minimum absolute atomic E-state index is 0. The summed E-state index contributed by atoms with van der Waals surface area (Å²) in [7, 11) is 0. The largest absolute Gasteiger partial charge is 0.387 e. The maximum Gasteiger partial charge on any atom is 0.240 e. The maximum absolute atomic E-state index is 11.7. The molecule has 0 radical (unpaired) electrons. The Morgan fingerprint density at radius 1 is 1.33 bits per heavy atom. The normalized spacial score (nSPS) is 17.6. The van der Waals surface area contributed by atoms with Crippen LogP contribution in [-0.4, -0.2) is 23.1 Å². The third-order valence-electron chi connectivity index (χ3n) is 3.86. The number of benzene rings is 1. The Labute approximate surface area is 132 Å². The molecule has 0 spiro atoms. The van der Waals surface area contributed by atoms with E-state index in [0.717, 1.165) is 18.4 Å². The SMILES string of the molecule is CC(C)(C)c1ccc(C(O)CNC(=O)C2(N)CC2)cc1.Cl. The first kappa shape index (κ1) is 18.0. The number of carbonyl (C=O) groups is 1. The van der Waals surface area contributed by atoms with Crippen molar-refractivity contribution in [3.8, 4) is 0 Å². The highest BCUT2D eigenvalue weighted by molar-refractivity contribution is 5.88. The monoisotopic (exact) mass is 312 g/mol. The summed E-state index contributed by atoms with van der Waals surface area (Å²) in [6.45, 7) is 6.64. The van der Waals surface area contributed by atoms with E-state index in [2.05, 4.69) is 26.1 Å². The van der Waals surface area contributed by atoms with E-state index in [1.807, 2.05) is 24.3 Å². The van der Waals surface area contributed by atoms with Crippen molar-refractivity contribution in [3.63, 3.8) is 0 Å². The number of aliphatic hydroxyl groups is 1. The summed E-state index contributed by atoms with van der Waals surface area (Å²) >= 11 is 0. The van der Waals surface area contributed by atoms with E-state index in [0.29, 0.717) is 0 Å². The van der Waals surface area contributed by atoms with Crippen molar-refractivity contribution in [2.45, 2.75) is 50.7 Å². The van der Waals surface area contributed by atoms with Crippen molar-refractivity contribution in [3.05, 3.63) is 35.4 Å². The second-order valence-electron chi connectivity index (χ2n) is 6.75. The van der Waals surface area contributed by atoms with Crippen LogP contribution in [0.4, 0.5) is 0 Å². The lowest BCUT2D eigenvalue weighted by atomic mass is 9.86. The van der Waals surface area contributed by atoms with Crippen LogP contribution in [0.25, 0.3) is 0 Å². The summed E-state index contributed by atoms with van der Waals surface area (Å²) in [5, 5.41) is 12.8. The quantitative estimate of drug-likeness (QED) is 0.796. The van der Waals surface area contributed by atoms with Crippen molar-refractivity contribution in [2.75, 3.05) is 6.54 Å². The van der Waals surface area contributed by atoms with E-state index in [-0.39, 0.29) is 30.3 Å². The molecule has 1 aromatic rings. The van der Waals surface area contributed by atoms with E-state index >= 15 is 0 Å². The van der Waals surface area contributed by atoms with Crippen molar-refractivity contribution in [2.24, 2.45) is 5.73 Å². The summed E-state index contributed by atoms with van der Waals surface area (Å²) in [5.41, 5.74) is 7.22. The molecule has 0 saturated heterocycles. The van der Waals surface area contributed by atoms with Crippen LogP contribution in [-0.2, 0) is 10.2 Å². The molecule has 0 aliphatic heterocycles. The first-order valence-corrected chi connectivity index (χ1v) is 7.08. The molecule has 1 aliphatic rings. The molecule has 1 aliphatic carbocycles. The molecule has 1 saturated carbocycles. The smallest absolute Gasteiger partial charge is 0.240 e. The summed E-state index contributed by atoms with van der Waals surface area (Å²) in [4.78, 5) is 11.7. The van der Waals surface area contributed by atoms with Gasteiger partial charge in [-0.05, 0) is 29.4 Å². The van der Waals surface area contributed by atoms with E-state index in [4.69, 9.17) is 5.73 Å². The van der Waals surface area contributed by atoms with Gasteiger partial charge in [-0.2, -0.15) is 0 Å². The molecule has 0 bridgehead atoms. The van der Waals surface area contributed by atoms with Gasteiger partial charge in [-0.25, -0.2) is 0 Å². The molecule has 1 fully saturated rings. The van der Waals surface area contributed by atoms with Gasteiger partial charge in [0, 0.05) is 6.54 Å². The number of nitrogens with two attached hydrogens (primary N) is 1. The van der Waals surface area contributed by atoms with Gasteiger partial charge in [0.25, 0.3) is 0 Å². The van der Waals surface area contributed by atoms with Gasteiger partial charge < -0.3 is 16.2 Å². The molecule has 4 nitrogen and oxygen atoms in total. The molecule has 0 aromatic heterocycles. The van der Waals surface area contributed by atoms with Crippen molar-refractivity contribution < 1.29 is 9.90 Å². The number of nitrogens with one attached hydrogen (secondary N) is 1. The van der Waals surface area contributed by atoms with Crippen LogP contribution in [0.15, 0.2) is 24.3 Å². The predicted molar refractivity (Wildman–Crippen MR) is 86.5 cm³/mol. The highest BCUT2D eigenvalue weighted by Crippen LogP contribution is 2.32. The van der Waals surface area contributed by atoms with E-state index in [9.17, 15) is 9.90 Å². The van der Waals surface area contributed by atoms with Crippen LogP contribution in [0, 0.1) is 0 Å². The number of halogens is 1. The molecule has 21 heavy (non-hydrogen) atoms. The number of hydrogen-bond acceptors (Lipinski definition) is 3. The van der Waals surface area contributed by atoms with Crippen molar-refractivity contribution in [1.82, 2.24) is 5.32 Å². The molecule has 1 unspecified atom stereocenters. The van der Waals surface area contributed by atoms with Crippen molar-refractivity contribution >= 4 is 18.3 Å². The average Bonchev–Trinajstić information content (AvgIpc) is 3.14. The van der Waals surface area contributed by atoms with Gasteiger partial charge in [0.15, 0.2) is 0 Å². The Kier molecular flexibility index (Phi) is 5.42. The van der Waals surface area contributed by atoms with Crippen LogP contribution in [0.5, 0.6) is 0 Å². The third kappa shape index (κ3) is 4.43. The van der Waals surface area contributed by atoms with E-state index in [1.54, 1.807) is 0 Å². The number of aliphatic hydroxyl groups excluding tert-OH is 1. The summed E-state index contributed by atoms with van der Waals surface area (Å²) in [6, 6.07) is 7.86. The van der Waals surface area contributed by atoms with Crippen molar-refractivity contribution in [1.29, 1.82) is 0 Å². The molecule has 2 rings (SSSR count). The molecular weight excluding hydrogens is 288 g/mol. The number of carbonyl (C=O) groups excluding carboxylic acids is 1. The van der Waals surface area contributed by atoms with Gasteiger partial charge in [0.1, 0.15) is 0 Å². The summed E-state index contributed by atoms with van der Waals surface area (Å²) < 4.78 is 0. The van der Waals surface area contributed by atoms with Crippen LogP contribution in [0.1, 0.15) is 50.8 Å². The lowest BCUT2D eigenvalue weighted by Gasteiger charge is -2.20. The average molecular weight is 313 g/mol. The number of amides is 1. The third-order valence-corrected chi connectivity index (χ3v) is 3.86. The van der Waals surface area contributed by atoms with Gasteiger partial charge in [0.05, 0.1) is 11.6 Å². The number of rotatable bonds is 4. The van der Waals surface area contributed by atoms with Gasteiger partial charge >= 0.3 is 0 Å². The minimum atomic E-state index is -0.699. The fraction of sp³-hybridized carbons (Fsp3) is 0.562.